The SMILES string of the molecule is NC(=O)c1c(F)ccc(OCCCCBr)c1F. The minimum absolute atomic E-state index is 0.158. The Bertz CT molecular complexity index is 413. The van der Waals surface area contributed by atoms with Crippen molar-refractivity contribution in [1.29, 1.82) is 0 Å². The van der Waals surface area contributed by atoms with E-state index in [9.17, 15) is 13.6 Å². The van der Waals surface area contributed by atoms with Gasteiger partial charge >= 0.3 is 0 Å². The number of hydrogen-bond acceptors (Lipinski definition) is 2. The molecular formula is C11H12BrF2NO2. The fourth-order valence-corrected chi connectivity index (χ4v) is 1.65. The number of unbranched alkanes of at least 4 members (excludes halogenated alkanes) is 1. The minimum atomic E-state index is -1.15. The second kappa shape index (κ2) is 6.54. The van der Waals surface area contributed by atoms with Crippen LogP contribution in [-0.4, -0.2) is 17.8 Å². The Morgan fingerprint density at radius 2 is 2.06 bits per heavy atom. The third-order valence-electron chi connectivity index (χ3n) is 2.09. The molecule has 0 bridgehead atoms. The van der Waals surface area contributed by atoms with E-state index in [0.717, 1.165) is 30.3 Å². The predicted octanol–water partition coefficient (Wildman–Crippen LogP) is 2.62. The lowest BCUT2D eigenvalue weighted by atomic mass is 10.1. The van der Waals surface area contributed by atoms with E-state index in [0.29, 0.717) is 6.61 Å². The van der Waals surface area contributed by atoms with E-state index in [1.807, 2.05) is 0 Å². The molecule has 0 heterocycles. The lowest BCUT2D eigenvalue weighted by Crippen LogP contribution is -2.16. The first kappa shape index (κ1) is 13.9. The normalized spacial score (nSPS) is 10.3. The molecule has 0 saturated heterocycles. The lowest BCUT2D eigenvalue weighted by molar-refractivity contribution is 0.0991. The molecule has 17 heavy (non-hydrogen) atoms. The van der Waals surface area contributed by atoms with Crippen LogP contribution in [0.1, 0.15) is 23.2 Å². The first-order valence-corrected chi connectivity index (χ1v) is 6.16. The van der Waals surface area contributed by atoms with Crippen LogP contribution in [0.3, 0.4) is 0 Å². The highest BCUT2D eigenvalue weighted by atomic mass is 79.9. The third-order valence-corrected chi connectivity index (χ3v) is 2.65. The maximum Gasteiger partial charge on any atom is 0.254 e. The number of hydrogen-bond donors (Lipinski definition) is 1. The summed E-state index contributed by atoms with van der Waals surface area (Å²) in [6.07, 6.45) is 1.61. The van der Waals surface area contributed by atoms with E-state index in [4.69, 9.17) is 10.5 Å². The van der Waals surface area contributed by atoms with Crippen LogP contribution in [-0.2, 0) is 0 Å². The Hall–Kier alpha value is -1.17. The van der Waals surface area contributed by atoms with Crippen LogP contribution in [0.2, 0.25) is 0 Å². The van der Waals surface area contributed by atoms with Gasteiger partial charge in [0.05, 0.1) is 6.61 Å². The Morgan fingerprint density at radius 1 is 1.35 bits per heavy atom. The number of amides is 1. The summed E-state index contributed by atoms with van der Waals surface area (Å²) in [5.41, 5.74) is 4.12. The van der Waals surface area contributed by atoms with E-state index in [1.54, 1.807) is 0 Å². The van der Waals surface area contributed by atoms with Crippen LogP contribution < -0.4 is 10.5 Å². The van der Waals surface area contributed by atoms with Crippen molar-refractivity contribution >= 4 is 21.8 Å². The van der Waals surface area contributed by atoms with Gasteiger partial charge in [0.2, 0.25) is 0 Å². The summed E-state index contributed by atoms with van der Waals surface area (Å²) in [5.74, 6) is -3.33. The second-order valence-electron chi connectivity index (χ2n) is 3.34. The molecule has 0 aliphatic heterocycles. The Labute approximate surface area is 106 Å². The maximum atomic E-state index is 13.6. The summed E-state index contributed by atoms with van der Waals surface area (Å²) < 4.78 is 31.9. The number of benzene rings is 1. The van der Waals surface area contributed by atoms with Gasteiger partial charge in [0.25, 0.3) is 5.91 Å². The summed E-state index contributed by atoms with van der Waals surface area (Å²) in [6.45, 7) is 0.298. The number of primary amides is 1. The van der Waals surface area contributed by atoms with Gasteiger partial charge in [-0.2, -0.15) is 0 Å². The molecule has 0 saturated carbocycles. The fraction of sp³-hybridized carbons (Fsp3) is 0.364. The van der Waals surface area contributed by atoms with E-state index in [2.05, 4.69) is 15.9 Å². The molecule has 0 aliphatic carbocycles. The molecule has 94 valence electrons. The highest BCUT2D eigenvalue weighted by Gasteiger charge is 2.18. The fourth-order valence-electron chi connectivity index (χ4n) is 1.25. The lowest BCUT2D eigenvalue weighted by Gasteiger charge is -2.09. The Morgan fingerprint density at radius 3 is 2.65 bits per heavy atom. The van der Waals surface area contributed by atoms with Crippen molar-refractivity contribution < 1.29 is 18.3 Å². The molecule has 3 nitrogen and oxygen atoms in total. The molecule has 0 aliphatic rings. The molecule has 1 aromatic carbocycles. The zero-order valence-corrected chi connectivity index (χ0v) is 10.6. The first-order valence-electron chi connectivity index (χ1n) is 5.04. The average Bonchev–Trinajstić information content (AvgIpc) is 2.26. The van der Waals surface area contributed by atoms with Crippen molar-refractivity contribution in [2.45, 2.75) is 12.8 Å². The molecule has 0 unspecified atom stereocenters. The van der Waals surface area contributed by atoms with E-state index in [-0.39, 0.29) is 5.75 Å². The number of halogens is 3. The Balaban J connectivity index is 2.80. The summed E-state index contributed by atoms with van der Waals surface area (Å²) in [5, 5.41) is 0.828. The maximum absolute atomic E-state index is 13.6. The standard InChI is InChI=1S/C11H12BrF2NO2/c12-5-1-2-6-17-8-4-3-7(13)9(10(8)14)11(15)16/h3-4H,1-2,5-6H2,(H2,15,16). The number of rotatable bonds is 6. The minimum Gasteiger partial charge on any atom is -0.490 e. The van der Waals surface area contributed by atoms with Gasteiger partial charge in [0.15, 0.2) is 11.6 Å². The average molecular weight is 308 g/mol. The van der Waals surface area contributed by atoms with Crippen molar-refractivity contribution in [2.75, 3.05) is 11.9 Å². The summed E-state index contributed by atoms with van der Waals surface area (Å²) >= 11 is 3.25. The third kappa shape index (κ3) is 3.66. The molecule has 0 aromatic heterocycles. The molecule has 0 spiro atoms. The molecule has 6 heteroatoms. The van der Waals surface area contributed by atoms with E-state index in [1.165, 1.54) is 0 Å². The number of alkyl halides is 1. The molecule has 0 radical (unpaired) electrons. The van der Waals surface area contributed by atoms with Gasteiger partial charge in [0, 0.05) is 5.33 Å². The Kier molecular flexibility index (Phi) is 5.34. The molecule has 1 amide bonds. The van der Waals surface area contributed by atoms with Gasteiger partial charge in [-0.3, -0.25) is 4.79 Å². The van der Waals surface area contributed by atoms with Crippen molar-refractivity contribution in [3.63, 3.8) is 0 Å². The van der Waals surface area contributed by atoms with Crippen molar-refractivity contribution in [3.05, 3.63) is 29.3 Å². The molecule has 0 atom stereocenters. The van der Waals surface area contributed by atoms with Crippen LogP contribution >= 0.6 is 15.9 Å². The zero-order valence-electron chi connectivity index (χ0n) is 9.01. The monoisotopic (exact) mass is 307 g/mol. The zero-order chi connectivity index (χ0) is 12.8. The number of carbonyl (C=O) groups excluding carboxylic acids is 1. The predicted molar refractivity (Wildman–Crippen MR) is 63.4 cm³/mol. The molecule has 1 aromatic rings. The second-order valence-corrected chi connectivity index (χ2v) is 4.14. The van der Waals surface area contributed by atoms with Gasteiger partial charge in [-0.15, -0.1) is 0 Å². The van der Waals surface area contributed by atoms with Crippen LogP contribution in [0, 0.1) is 11.6 Å². The van der Waals surface area contributed by atoms with Gasteiger partial charge in [-0.05, 0) is 25.0 Å². The number of ether oxygens (including phenoxy) is 1. The molecular weight excluding hydrogens is 296 g/mol. The highest BCUT2D eigenvalue weighted by molar-refractivity contribution is 9.09. The van der Waals surface area contributed by atoms with Gasteiger partial charge < -0.3 is 10.5 Å². The number of nitrogens with two attached hydrogens (primary N) is 1. The van der Waals surface area contributed by atoms with Crippen LogP contribution in [0.4, 0.5) is 8.78 Å². The van der Waals surface area contributed by atoms with Crippen molar-refractivity contribution in [3.8, 4) is 5.75 Å². The molecule has 2 N–H and O–H groups in total. The van der Waals surface area contributed by atoms with Crippen LogP contribution in [0.5, 0.6) is 5.75 Å². The molecule has 0 fully saturated rings. The summed E-state index contributed by atoms with van der Waals surface area (Å²) in [6, 6.07) is 2.11. The van der Waals surface area contributed by atoms with Gasteiger partial charge in [-0.25, -0.2) is 8.78 Å². The van der Waals surface area contributed by atoms with Gasteiger partial charge in [-0.1, -0.05) is 15.9 Å². The van der Waals surface area contributed by atoms with E-state index >= 15 is 0 Å². The van der Waals surface area contributed by atoms with Crippen molar-refractivity contribution in [2.24, 2.45) is 5.73 Å². The largest absolute Gasteiger partial charge is 0.490 e. The van der Waals surface area contributed by atoms with Crippen LogP contribution in [0.25, 0.3) is 0 Å². The smallest absolute Gasteiger partial charge is 0.254 e. The van der Waals surface area contributed by atoms with Crippen LogP contribution in [0.15, 0.2) is 12.1 Å². The van der Waals surface area contributed by atoms with Crippen molar-refractivity contribution in [1.82, 2.24) is 0 Å². The topological polar surface area (TPSA) is 52.3 Å². The summed E-state index contributed by atoms with van der Waals surface area (Å²) in [4.78, 5) is 10.9. The molecule has 1 rings (SSSR count). The summed E-state index contributed by atoms with van der Waals surface area (Å²) in [7, 11) is 0. The van der Waals surface area contributed by atoms with E-state index < -0.39 is 23.1 Å². The highest BCUT2D eigenvalue weighted by Crippen LogP contribution is 2.23. The quantitative estimate of drug-likeness (QED) is 0.649. The number of carbonyl (C=O) groups is 1. The first-order chi connectivity index (χ1) is 8.07. The van der Waals surface area contributed by atoms with Gasteiger partial charge in [0.1, 0.15) is 11.4 Å².